The Morgan fingerprint density at radius 1 is 1.00 bits per heavy atom. The molecule has 1 N–H and O–H groups in total. The highest BCUT2D eigenvalue weighted by molar-refractivity contribution is 7.16. The number of benzene rings is 2. The number of esters is 1. The summed E-state index contributed by atoms with van der Waals surface area (Å²) in [4.78, 5) is 29.8. The summed E-state index contributed by atoms with van der Waals surface area (Å²) in [5.41, 5.74) is 1.86. The minimum atomic E-state index is -0.374. The summed E-state index contributed by atoms with van der Waals surface area (Å²) in [6.07, 6.45) is 0.0707. The average Bonchev–Trinajstić information content (AvgIpc) is 3.15. The van der Waals surface area contributed by atoms with Gasteiger partial charge in [-0.3, -0.25) is 14.9 Å². The highest BCUT2D eigenvalue weighted by atomic mass is 32.1. The van der Waals surface area contributed by atoms with Crippen molar-refractivity contribution in [2.45, 2.75) is 6.42 Å². The van der Waals surface area contributed by atoms with Crippen molar-refractivity contribution in [2.75, 3.05) is 26.6 Å². The van der Waals surface area contributed by atoms with E-state index < -0.39 is 0 Å². The molecule has 3 aromatic rings. The first-order valence-electron chi connectivity index (χ1n) is 8.70. The molecule has 0 spiro atoms. The van der Waals surface area contributed by atoms with Gasteiger partial charge < -0.3 is 14.2 Å². The van der Waals surface area contributed by atoms with Crippen molar-refractivity contribution in [1.29, 1.82) is 0 Å². The number of rotatable bonds is 7. The lowest BCUT2D eigenvalue weighted by Gasteiger charge is -2.08. The Labute approximate surface area is 172 Å². The van der Waals surface area contributed by atoms with E-state index in [-0.39, 0.29) is 18.3 Å². The van der Waals surface area contributed by atoms with Crippen LogP contribution < -0.4 is 14.8 Å². The number of nitrogens with zero attached hydrogens (tertiary/aromatic N) is 1. The van der Waals surface area contributed by atoms with Crippen molar-refractivity contribution < 1.29 is 23.8 Å². The van der Waals surface area contributed by atoms with Crippen LogP contribution in [0.5, 0.6) is 11.5 Å². The van der Waals surface area contributed by atoms with Crippen molar-refractivity contribution in [2.24, 2.45) is 0 Å². The molecule has 7 nitrogen and oxygen atoms in total. The van der Waals surface area contributed by atoms with E-state index in [1.807, 2.05) is 30.3 Å². The summed E-state index contributed by atoms with van der Waals surface area (Å²) >= 11 is 1.23. The van der Waals surface area contributed by atoms with Gasteiger partial charge in [-0.25, -0.2) is 4.98 Å². The van der Waals surface area contributed by atoms with E-state index >= 15 is 0 Å². The van der Waals surface area contributed by atoms with Gasteiger partial charge in [-0.15, -0.1) is 11.3 Å². The first kappa shape index (κ1) is 20.3. The van der Waals surface area contributed by atoms with Crippen LogP contribution in [-0.4, -0.2) is 38.2 Å². The number of aromatic nitrogens is 1. The maximum atomic E-state index is 12.7. The van der Waals surface area contributed by atoms with Crippen LogP contribution in [-0.2, 0) is 16.0 Å². The lowest BCUT2D eigenvalue weighted by atomic mass is 10.1. The number of nitrogens with one attached hydrogen (secondary N) is 1. The fourth-order valence-electron chi connectivity index (χ4n) is 2.66. The zero-order valence-electron chi connectivity index (χ0n) is 16.2. The number of methoxy groups -OCH3 is 3. The molecule has 150 valence electrons. The second kappa shape index (κ2) is 9.20. The number of hydrogen-bond acceptors (Lipinski definition) is 7. The topological polar surface area (TPSA) is 86.8 Å². The van der Waals surface area contributed by atoms with Crippen molar-refractivity contribution in [3.05, 3.63) is 59.0 Å². The van der Waals surface area contributed by atoms with E-state index in [9.17, 15) is 9.59 Å². The lowest BCUT2D eigenvalue weighted by molar-refractivity contribution is -0.139. The fourth-order valence-corrected chi connectivity index (χ4v) is 3.62. The number of carbonyl (C=O) groups is 2. The van der Waals surface area contributed by atoms with Gasteiger partial charge in [-0.2, -0.15) is 0 Å². The molecule has 2 aromatic carbocycles. The molecule has 3 rings (SSSR count). The van der Waals surface area contributed by atoms with Gasteiger partial charge in [0.05, 0.1) is 33.4 Å². The number of hydrogen-bond donors (Lipinski definition) is 1. The number of carbonyl (C=O) groups excluding carboxylic acids is 2. The molecule has 0 atom stereocenters. The first-order valence-corrected chi connectivity index (χ1v) is 9.52. The molecule has 0 fully saturated rings. The van der Waals surface area contributed by atoms with E-state index in [2.05, 4.69) is 10.3 Å². The molecular weight excluding hydrogens is 392 g/mol. The van der Waals surface area contributed by atoms with Crippen LogP contribution in [0.1, 0.15) is 15.2 Å². The van der Waals surface area contributed by atoms with E-state index in [4.69, 9.17) is 14.2 Å². The molecule has 0 aliphatic rings. The molecule has 0 bridgehead atoms. The van der Waals surface area contributed by atoms with Crippen LogP contribution in [0.3, 0.4) is 0 Å². The molecule has 0 saturated carbocycles. The minimum absolute atomic E-state index is 0.0707. The molecule has 0 unspecified atom stereocenters. The highest BCUT2D eigenvalue weighted by Crippen LogP contribution is 2.32. The molecule has 8 heteroatoms. The number of amides is 1. The third kappa shape index (κ3) is 4.91. The van der Waals surface area contributed by atoms with Crippen LogP contribution in [0, 0.1) is 0 Å². The van der Waals surface area contributed by atoms with Crippen molar-refractivity contribution >= 4 is 28.3 Å². The quantitative estimate of drug-likeness (QED) is 0.594. The van der Waals surface area contributed by atoms with E-state index in [0.717, 1.165) is 5.56 Å². The van der Waals surface area contributed by atoms with E-state index in [1.54, 1.807) is 18.2 Å². The van der Waals surface area contributed by atoms with Crippen molar-refractivity contribution in [1.82, 2.24) is 4.98 Å². The first-order chi connectivity index (χ1) is 14.0. The predicted molar refractivity (Wildman–Crippen MR) is 111 cm³/mol. The van der Waals surface area contributed by atoms with Gasteiger partial charge in [0.15, 0.2) is 5.13 Å². The number of ether oxygens (including phenoxy) is 3. The van der Waals surface area contributed by atoms with Gasteiger partial charge in [-0.05, 0) is 12.1 Å². The Bertz CT molecular complexity index is 995. The molecule has 29 heavy (non-hydrogen) atoms. The third-order valence-electron chi connectivity index (χ3n) is 4.11. The monoisotopic (exact) mass is 412 g/mol. The van der Waals surface area contributed by atoms with Crippen LogP contribution >= 0.6 is 11.3 Å². The SMILES string of the molecule is COC(=O)Cc1sc(NC(=O)c2cc(OC)cc(OC)c2)nc1-c1ccccc1. The summed E-state index contributed by atoms with van der Waals surface area (Å²) in [5.74, 6) is 0.274. The summed E-state index contributed by atoms with van der Waals surface area (Å²) in [7, 11) is 4.37. The van der Waals surface area contributed by atoms with Gasteiger partial charge in [0.25, 0.3) is 5.91 Å². The molecule has 0 aliphatic carbocycles. The van der Waals surface area contributed by atoms with Gasteiger partial charge in [0.1, 0.15) is 11.5 Å². The zero-order chi connectivity index (χ0) is 20.8. The lowest BCUT2D eigenvalue weighted by Crippen LogP contribution is -2.12. The fraction of sp³-hybridized carbons (Fsp3) is 0.190. The summed E-state index contributed by atoms with van der Waals surface area (Å²) in [6.45, 7) is 0. The second-order valence-electron chi connectivity index (χ2n) is 5.97. The summed E-state index contributed by atoms with van der Waals surface area (Å²) in [6, 6.07) is 14.4. The smallest absolute Gasteiger partial charge is 0.310 e. The Hall–Kier alpha value is -3.39. The van der Waals surface area contributed by atoms with Crippen LogP contribution in [0.25, 0.3) is 11.3 Å². The molecule has 1 aromatic heterocycles. The van der Waals surface area contributed by atoms with Crippen LogP contribution in [0.2, 0.25) is 0 Å². The Morgan fingerprint density at radius 3 is 2.24 bits per heavy atom. The summed E-state index contributed by atoms with van der Waals surface area (Å²) < 4.78 is 15.2. The standard InChI is InChI=1S/C21H20N2O5S/c1-26-15-9-14(10-16(11-15)27-2)20(25)23-21-22-19(13-7-5-4-6-8-13)17(29-21)12-18(24)28-3/h4-11H,12H2,1-3H3,(H,22,23,25). The maximum Gasteiger partial charge on any atom is 0.310 e. The molecule has 0 aliphatic heterocycles. The molecule has 0 saturated heterocycles. The van der Waals surface area contributed by atoms with Crippen molar-refractivity contribution in [3.8, 4) is 22.8 Å². The molecular formula is C21H20N2O5S. The van der Waals surface area contributed by atoms with Gasteiger partial charge in [-0.1, -0.05) is 30.3 Å². The van der Waals surface area contributed by atoms with E-state index in [1.165, 1.54) is 32.7 Å². The molecule has 1 amide bonds. The zero-order valence-corrected chi connectivity index (χ0v) is 17.0. The van der Waals surface area contributed by atoms with Crippen LogP contribution in [0.15, 0.2) is 48.5 Å². The van der Waals surface area contributed by atoms with Crippen molar-refractivity contribution in [3.63, 3.8) is 0 Å². The second-order valence-corrected chi connectivity index (χ2v) is 7.05. The van der Waals surface area contributed by atoms with Gasteiger partial charge in [0.2, 0.25) is 0 Å². The summed E-state index contributed by atoms with van der Waals surface area (Å²) in [5, 5.41) is 3.17. The van der Waals surface area contributed by atoms with E-state index in [0.29, 0.717) is 32.8 Å². The normalized spacial score (nSPS) is 10.3. The van der Waals surface area contributed by atoms with Crippen LogP contribution in [0.4, 0.5) is 5.13 Å². The molecule has 1 heterocycles. The van der Waals surface area contributed by atoms with Gasteiger partial charge >= 0.3 is 5.97 Å². The largest absolute Gasteiger partial charge is 0.497 e. The minimum Gasteiger partial charge on any atom is -0.497 e. The van der Waals surface area contributed by atoms with Gasteiger partial charge in [0, 0.05) is 22.1 Å². The predicted octanol–water partition coefficient (Wildman–Crippen LogP) is 3.80. The Kier molecular flexibility index (Phi) is 6.46. The number of anilines is 1. The maximum absolute atomic E-state index is 12.7. The molecule has 0 radical (unpaired) electrons. The highest BCUT2D eigenvalue weighted by Gasteiger charge is 2.19. The Morgan fingerprint density at radius 2 is 1.66 bits per heavy atom. The third-order valence-corrected chi connectivity index (χ3v) is 5.08. The average molecular weight is 412 g/mol. The number of thiazole rings is 1. The Balaban J connectivity index is 1.91.